The molecule has 6 nitrogen and oxygen atoms in total. The van der Waals surface area contributed by atoms with Crippen molar-refractivity contribution in [2.75, 3.05) is 5.32 Å². The van der Waals surface area contributed by atoms with Crippen LogP contribution in [0.3, 0.4) is 0 Å². The molecule has 0 unspecified atom stereocenters. The lowest BCUT2D eigenvalue weighted by molar-refractivity contribution is 0.102. The van der Waals surface area contributed by atoms with E-state index >= 15 is 0 Å². The van der Waals surface area contributed by atoms with E-state index in [1.165, 1.54) is 30.6 Å². The summed E-state index contributed by atoms with van der Waals surface area (Å²) < 4.78 is 0. The van der Waals surface area contributed by atoms with Crippen LogP contribution in [0.1, 0.15) is 10.4 Å². The summed E-state index contributed by atoms with van der Waals surface area (Å²) >= 11 is 0. The van der Waals surface area contributed by atoms with Gasteiger partial charge in [-0.1, -0.05) is 0 Å². The molecule has 1 aromatic carbocycles. The lowest BCUT2D eigenvalue weighted by atomic mass is 10.2. The number of phenols is 2. The fourth-order valence-electron chi connectivity index (χ4n) is 1.22. The van der Waals surface area contributed by atoms with Gasteiger partial charge in [-0.3, -0.25) is 9.89 Å². The Labute approximate surface area is 90.6 Å². The molecule has 0 aliphatic rings. The fourth-order valence-corrected chi connectivity index (χ4v) is 1.22. The number of carbonyl (C=O) groups excluding carboxylic acids is 1. The number of H-pyrrole nitrogens is 1. The quantitative estimate of drug-likeness (QED) is 0.568. The topological polar surface area (TPSA) is 98.2 Å². The Bertz CT molecular complexity index is 508. The summed E-state index contributed by atoms with van der Waals surface area (Å²) in [6.45, 7) is 0. The highest BCUT2D eigenvalue weighted by Crippen LogP contribution is 2.22. The number of hydrogen-bond acceptors (Lipinski definition) is 4. The van der Waals surface area contributed by atoms with Crippen molar-refractivity contribution in [2.24, 2.45) is 0 Å². The van der Waals surface area contributed by atoms with E-state index in [1.54, 1.807) is 0 Å². The Hall–Kier alpha value is -2.50. The number of aromatic amines is 1. The second kappa shape index (κ2) is 3.93. The second-order valence-electron chi connectivity index (χ2n) is 3.14. The van der Waals surface area contributed by atoms with Gasteiger partial charge in [0.25, 0.3) is 5.91 Å². The summed E-state index contributed by atoms with van der Waals surface area (Å²) in [5, 5.41) is 27.3. The van der Waals surface area contributed by atoms with E-state index in [-0.39, 0.29) is 17.1 Å². The number of carbonyl (C=O) groups is 1. The maximum absolute atomic E-state index is 11.7. The number of benzene rings is 1. The van der Waals surface area contributed by atoms with Crippen LogP contribution in [0.5, 0.6) is 11.5 Å². The molecule has 2 rings (SSSR count). The number of amides is 1. The highest BCUT2D eigenvalue weighted by Gasteiger charge is 2.12. The second-order valence-corrected chi connectivity index (χ2v) is 3.14. The lowest BCUT2D eigenvalue weighted by Crippen LogP contribution is -2.11. The first-order valence-electron chi connectivity index (χ1n) is 4.49. The molecule has 1 amide bonds. The van der Waals surface area contributed by atoms with Crippen molar-refractivity contribution in [1.29, 1.82) is 0 Å². The van der Waals surface area contributed by atoms with Crippen LogP contribution in [0.4, 0.5) is 5.69 Å². The third-order valence-corrected chi connectivity index (χ3v) is 1.98. The van der Waals surface area contributed by atoms with Crippen LogP contribution < -0.4 is 5.32 Å². The van der Waals surface area contributed by atoms with Gasteiger partial charge >= 0.3 is 0 Å². The molecular weight excluding hydrogens is 210 g/mol. The van der Waals surface area contributed by atoms with Gasteiger partial charge in [0.2, 0.25) is 0 Å². The molecule has 82 valence electrons. The molecule has 0 fully saturated rings. The number of phenolic OH excluding ortho intramolecular Hbond substituents is 2. The van der Waals surface area contributed by atoms with Crippen LogP contribution in [-0.4, -0.2) is 26.3 Å². The molecule has 0 saturated heterocycles. The molecule has 0 atom stereocenters. The van der Waals surface area contributed by atoms with Crippen LogP contribution >= 0.6 is 0 Å². The largest absolute Gasteiger partial charge is 0.508 e. The molecule has 0 spiro atoms. The molecule has 0 radical (unpaired) electrons. The molecule has 0 aliphatic heterocycles. The summed E-state index contributed by atoms with van der Waals surface area (Å²) in [6, 6.07) is 3.73. The highest BCUT2D eigenvalue weighted by atomic mass is 16.3. The third kappa shape index (κ3) is 1.95. The molecule has 1 aromatic heterocycles. The lowest BCUT2D eigenvalue weighted by Gasteiger charge is -2.04. The number of nitrogens with zero attached hydrogens (tertiary/aromatic N) is 1. The van der Waals surface area contributed by atoms with Crippen molar-refractivity contribution in [2.45, 2.75) is 0 Å². The molecular formula is C10H9N3O3. The summed E-state index contributed by atoms with van der Waals surface area (Å²) in [5.41, 5.74) is 0.481. The van der Waals surface area contributed by atoms with Gasteiger partial charge in [-0.25, -0.2) is 0 Å². The van der Waals surface area contributed by atoms with Gasteiger partial charge in [0.1, 0.15) is 11.5 Å². The van der Waals surface area contributed by atoms with E-state index in [0.29, 0.717) is 5.69 Å². The van der Waals surface area contributed by atoms with Crippen LogP contribution in [0.15, 0.2) is 30.6 Å². The van der Waals surface area contributed by atoms with Gasteiger partial charge in [0.15, 0.2) is 0 Å². The van der Waals surface area contributed by atoms with E-state index < -0.39 is 5.91 Å². The summed E-state index contributed by atoms with van der Waals surface area (Å²) in [4.78, 5) is 11.7. The minimum absolute atomic E-state index is 0.00111. The maximum Gasteiger partial charge on any atom is 0.259 e. The number of anilines is 1. The van der Waals surface area contributed by atoms with Crippen molar-refractivity contribution in [3.63, 3.8) is 0 Å². The smallest absolute Gasteiger partial charge is 0.259 e. The normalized spacial score (nSPS) is 10.0. The Morgan fingerprint density at radius 2 is 2.19 bits per heavy atom. The van der Waals surface area contributed by atoms with Crippen molar-refractivity contribution in [1.82, 2.24) is 10.2 Å². The zero-order chi connectivity index (χ0) is 11.5. The van der Waals surface area contributed by atoms with Gasteiger partial charge in [0, 0.05) is 6.20 Å². The van der Waals surface area contributed by atoms with Crippen molar-refractivity contribution in [3.8, 4) is 11.5 Å². The molecule has 2 aromatic rings. The average Bonchev–Trinajstić information content (AvgIpc) is 2.74. The standard InChI is InChI=1S/C10H9N3O3/c14-7-1-2-9(15)8(3-7)10(16)13-6-4-11-12-5-6/h1-5,14-15H,(H,11,12)(H,13,16). The summed E-state index contributed by atoms with van der Waals surface area (Å²) in [6.07, 6.45) is 2.93. The van der Waals surface area contributed by atoms with E-state index in [0.717, 1.165) is 0 Å². The monoisotopic (exact) mass is 219 g/mol. The first-order valence-corrected chi connectivity index (χ1v) is 4.49. The zero-order valence-electron chi connectivity index (χ0n) is 8.14. The molecule has 6 heteroatoms. The number of aromatic hydroxyl groups is 2. The minimum Gasteiger partial charge on any atom is -0.508 e. The Kier molecular flexibility index (Phi) is 2.47. The summed E-state index contributed by atoms with van der Waals surface area (Å²) in [5.74, 6) is -0.802. The van der Waals surface area contributed by atoms with Crippen LogP contribution in [-0.2, 0) is 0 Å². The fraction of sp³-hybridized carbons (Fsp3) is 0. The SMILES string of the molecule is O=C(Nc1cn[nH]c1)c1cc(O)ccc1O. The van der Waals surface area contributed by atoms with Crippen molar-refractivity contribution < 1.29 is 15.0 Å². The zero-order valence-corrected chi connectivity index (χ0v) is 8.14. The Balaban J connectivity index is 2.24. The summed E-state index contributed by atoms with van der Waals surface area (Å²) in [7, 11) is 0. The average molecular weight is 219 g/mol. The van der Waals surface area contributed by atoms with Crippen molar-refractivity contribution in [3.05, 3.63) is 36.2 Å². The number of aromatic nitrogens is 2. The molecule has 0 saturated carbocycles. The Morgan fingerprint density at radius 3 is 2.88 bits per heavy atom. The number of nitrogens with one attached hydrogen (secondary N) is 2. The van der Waals surface area contributed by atoms with Crippen molar-refractivity contribution >= 4 is 11.6 Å². The van der Waals surface area contributed by atoms with Crippen LogP contribution in [0, 0.1) is 0 Å². The van der Waals surface area contributed by atoms with E-state index in [4.69, 9.17) is 0 Å². The van der Waals surface area contributed by atoms with E-state index in [9.17, 15) is 15.0 Å². The molecule has 0 aliphatic carbocycles. The first kappa shape index (κ1) is 10.0. The maximum atomic E-state index is 11.7. The molecule has 4 N–H and O–H groups in total. The molecule has 1 heterocycles. The third-order valence-electron chi connectivity index (χ3n) is 1.98. The molecule has 16 heavy (non-hydrogen) atoms. The minimum atomic E-state index is -0.519. The highest BCUT2D eigenvalue weighted by molar-refractivity contribution is 6.06. The molecule has 0 bridgehead atoms. The van der Waals surface area contributed by atoms with Gasteiger partial charge in [-0.05, 0) is 18.2 Å². The van der Waals surface area contributed by atoms with Crippen LogP contribution in [0.2, 0.25) is 0 Å². The van der Waals surface area contributed by atoms with E-state index in [1.807, 2.05) is 0 Å². The first-order chi connectivity index (χ1) is 7.66. The Morgan fingerprint density at radius 1 is 1.38 bits per heavy atom. The van der Waals surface area contributed by atoms with Gasteiger partial charge in [0.05, 0.1) is 17.4 Å². The predicted molar refractivity (Wildman–Crippen MR) is 56.3 cm³/mol. The van der Waals surface area contributed by atoms with Gasteiger partial charge in [-0.15, -0.1) is 0 Å². The predicted octanol–water partition coefficient (Wildman–Crippen LogP) is 1.07. The van der Waals surface area contributed by atoms with Gasteiger partial charge in [-0.2, -0.15) is 5.10 Å². The van der Waals surface area contributed by atoms with Gasteiger partial charge < -0.3 is 15.5 Å². The number of hydrogen-bond donors (Lipinski definition) is 4. The number of rotatable bonds is 2. The van der Waals surface area contributed by atoms with E-state index in [2.05, 4.69) is 15.5 Å². The van der Waals surface area contributed by atoms with Crippen LogP contribution in [0.25, 0.3) is 0 Å².